The fourth-order valence-electron chi connectivity index (χ4n) is 3.18. The standard InChI is InChI=1S/C21H18N2O3S/c1-13-17-19(27-18(13)15-8-10-16(26-2)11-9-15)22-21(25)23(20(17)24)12-14-6-4-3-5-7-14/h3-11H,12H2,1-2H3,(H,22,25). The van der Waals surface area contributed by atoms with Crippen molar-refractivity contribution in [2.75, 3.05) is 7.11 Å². The third-order valence-electron chi connectivity index (χ3n) is 4.61. The van der Waals surface area contributed by atoms with Gasteiger partial charge in [-0.25, -0.2) is 4.79 Å². The summed E-state index contributed by atoms with van der Waals surface area (Å²) in [5, 5.41) is 0.571. The van der Waals surface area contributed by atoms with E-state index in [1.54, 1.807) is 7.11 Å². The molecular weight excluding hydrogens is 360 g/mol. The van der Waals surface area contributed by atoms with E-state index in [4.69, 9.17) is 4.74 Å². The van der Waals surface area contributed by atoms with E-state index in [1.807, 2.05) is 61.5 Å². The van der Waals surface area contributed by atoms with Gasteiger partial charge in [-0.15, -0.1) is 11.3 Å². The number of benzene rings is 2. The number of fused-ring (bicyclic) bond motifs is 1. The first kappa shape index (κ1) is 17.3. The Morgan fingerprint density at radius 3 is 2.41 bits per heavy atom. The third kappa shape index (κ3) is 3.08. The molecule has 0 amide bonds. The average Bonchev–Trinajstić information content (AvgIpc) is 3.02. The number of methoxy groups -OCH3 is 1. The predicted octanol–water partition coefficient (Wildman–Crippen LogP) is 3.78. The summed E-state index contributed by atoms with van der Waals surface area (Å²) in [7, 11) is 1.62. The fourth-order valence-corrected chi connectivity index (χ4v) is 4.37. The van der Waals surface area contributed by atoms with Crippen molar-refractivity contribution in [1.29, 1.82) is 0 Å². The zero-order chi connectivity index (χ0) is 19.0. The number of hydrogen-bond donors (Lipinski definition) is 1. The molecule has 0 saturated carbocycles. The Labute approximate surface area is 159 Å². The molecule has 1 N–H and O–H groups in total. The molecule has 27 heavy (non-hydrogen) atoms. The van der Waals surface area contributed by atoms with E-state index < -0.39 is 0 Å². The quantitative estimate of drug-likeness (QED) is 0.588. The van der Waals surface area contributed by atoms with Gasteiger partial charge in [0, 0.05) is 4.88 Å². The van der Waals surface area contributed by atoms with Crippen LogP contribution in [0.25, 0.3) is 20.7 Å². The Balaban J connectivity index is 1.86. The molecule has 0 radical (unpaired) electrons. The number of H-pyrrole nitrogens is 1. The Bertz CT molecular complexity index is 1220. The van der Waals surface area contributed by atoms with Crippen LogP contribution in [-0.2, 0) is 6.54 Å². The molecule has 2 aromatic heterocycles. The SMILES string of the molecule is COc1ccc(-c2sc3[nH]c(=O)n(Cc4ccccc4)c(=O)c3c2C)cc1. The zero-order valence-corrected chi connectivity index (χ0v) is 15.8. The van der Waals surface area contributed by atoms with Gasteiger partial charge in [0.05, 0.1) is 19.0 Å². The number of aromatic nitrogens is 2. The number of aryl methyl sites for hydroxylation is 1. The fraction of sp³-hybridized carbons (Fsp3) is 0.143. The third-order valence-corrected chi connectivity index (χ3v) is 5.86. The Morgan fingerprint density at radius 2 is 1.74 bits per heavy atom. The Morgan fingerprint density at radius 1 is 1.04 bits per heavy atom. The van der Waals surface area contributed by atoms with Crippen LogP contribution in [-0.4, -0.2) is 16.7 Å². The Kier molecular flexibility index (Phi) is 4.41. The van der Waals surface area contributed by atoms with E-state index in [0.717, 1.165) is 27.3 Å². The molecule has 0 unspecified atom stereocenters. The van der Waals surface area contributed by atoms with Crippen LogP contribution in [0.4, 0.5) is 0 Å². The van der Waals surface area contributed by atoms with Gasteiger partial charge in [-0.3, -0.25) is 14.3 Å². The normalized spacial score (nSPS) is 11.0. The molecule has 0 aliphatic heterocycles. The van der Waals surface area contributed by atoms with Crippen LogP contribution >= 0.6 is 11.3 Å². The second-order valence-corrected chi connectivity index (χ2v) is 7.32. The Hall–Kier alpha value is -3.12. The van der Waals surface area contributed by atoms with Gasteiger partial charge < -0.3 is 4.74 Å². The minimum Gasteiger partial charge on any atom is -0.497 e. The van der Waals surface area contributed by atoms with Crippen molar-refractivity contribution >= 4 is 21.6 Å². The summed E-state index contributed by atoms with van der Waals surface area (Å²) in [5.74, 6) is 0.774. The lowest BCUT2D eigenvalue weighted by molar-refractivity contribution is 0.415. The number of ether oxygens (including phenoxy) is 1. The molecule has 2 heterocycles. The zero-order valence-electron chi connectivity index (χ0n) is 15.0. The van der Waals surface area contributed by atoms with Gasteiger partial charge in [0.15, 0.2) is 0 Å². The molecule has 5 nitrogen and oxygen atoms in total. The highest BCUT2D eigenvalue weighted by molar-refractivity contribution is 7.22. The average molecular weight is 378 g/mol. The summed E-state index contributed by atoms with van der Waals surface area (Å²) in [4.78, 5) is 30.0. The van der Waals surface area contributed by atoms with Gasteiger partial charge in [-0.2, -0.15) is 0 Å². The molecule has 6 heteroatoms. The second-order valence-electron chi connectivity index (χ2n) is 6.30. The minimum absolute atomic E-state index is 0.248. The monoisotopic (exact) mass is 378 g/mol. The van der Waals surface area contributed by atoms with Crippen LogP contribution in [0.1, 0.15) is 11.1 Å². The van der Waals surface area contributed by atoms with Gasteiger partial charge in [0.1, 0.15) is 10.6 Å². The maximum atomic E-state index is 13.0. The van der Waals surface area contributed by atoms with E-state index in [-0.39, 0.29) is 17.8 Å². The maximum Gasteiger partial charge on any atom is 0.329 e. The molecule has 0 aliphatic rings. The molecule has 0 bridgehead atoms. The van der Waals surface area contributed by atoms with Crippen molar-refractivity contribution in [1.82, 2.24) is 9.55 Å². The first-order valence-corrected chi connectivity index (χ1v) is 9.34. The van der Waals surface area contributed by atoms with Crippen molar-refractivity contribution in [3.05, 3.63) is 86.6 Å². The van der Waals surface area contributed by atoms with Crippen LogP contribution in [0.15, 0.2) is 64.2 Å². The number of aromatic amines is 1. The lowest BCUT2D eigenvalue weighted by Gasteiger charge is -2.05. The molecular formula is C21H18N2O3S. The van der Waals surface area contributed by atoms with Crippen molar-refractivity contribution in [3.63, 3.8) is 0 Å². The van der Waals surface area contributed by atoms with E-state index >= 15 is 0 Å². The van der Waals surface area contributed by atoms with Gasteiger partial charge in [-0.05, 0) is 47.9 Å². The summed E-state index contributed by atoms with van der Waals surface area (Å²) in [5.41, 5.74) is 2.13. The van der Waals surface area contributed by atoms with Crippen molar-refractivity contribution < 1.29 is 4.74 Å². The van der Waals surface area contributed by atoms with Gasteiger partial charge in [0.25, 0.3) is 5.56 Å². The molecule has 0 fully saturated rings. The topological polar surface area (TPSA) is 64.1 Å². The molecule has 4 rings (SSSR count). The molecule has 4 aromatic rings. The molecule has 0 saturated heterocycles. The summed E-state index contributed by atoms with van der Waals surface area (Å²) in [6.07, 6.45) is 0. The van der Waals surface area contributed by atoms with Crippen LogP contribution in [0.3, 0.4) is 0 Å². The minimum atomic E-state index is -0.390. The summed E-state index contributed by atoms with van der Waals surface area (Å²) >= 11 is 1.42. The second kappa shape index (κ2) is 6.89. The molecule has 0 spiro atoms. The van der Waals surface area contributed by atoms with Crippen LogP contribution in [0.2, 0.25) is 0 Å². The number of nitrogens with zero attached hydrogens (tertiary/aromatic N) is 1. The summed E-state index contributed by atoms with van der Waals surface area (Å²) < 4.78 is 6.46. The van der Waals surface area contributed by atoms with Gasteiger partial charge in [0.2, 0.25) is 0 Å². The predicted molar refractivity (Wildman–Crippen MR) is 109 cm³/mol. The van der Waals surface area contributed by atoms with E-state index in [0.29, 0.717) is 10.2 Å². The number of nitrogens with one attached hydrogen (secondary N) is 1. The lowest BCUT2D eigenvalue weighted by Crippen LogP contribution is -2.35. The largest absolute Gasteiger partial charge is 0.497 e. The molecule has 2 aromatic carbocycles. The van der Waals surface area contributed by atoms with Gasteiger partial charge in [-0.1, -0.05) is 30.3 Å². The number of thiophene rings is 1. The van der Waals surface area contributed by atoms with E-state index in [1.165, 1.54) is 15.9 Å². The van der Waals surface area contributed by atoms with Crippen molar-refractivity contribution in [2.24, 2.45) is 0 Å². The highest BCUT2D eigenvalue weighted by Gasteiger charge is 2.17. The van der Waals surface area contributed by atoms with Crippen LogP contribution in [0, 0.1) is 6.92 Å². The van der Waals surface area contributed by atoms with Gasteiger partial charge >= 0.3 is 5.69 Å². The van der Waals surface area contributed by atoms with Crippen LogP contribution in [0.5, 0.6) is 5.75 Å². The van der Waals surface area contributed by atoms with Crippen molar-refractivity contribution in [2.45, 2.75) is 13.5 Å². The molecule has 0 aliphatic carbocycles. The van der Waals surface area contributed by atoms with E-state index in [2.05, 4.69) is 4.98 Å². The lowest BCUT2D eigenvalue weighted by atomic mass is 10.1. The van der Waals surface area contributed by atoms with E-state index in [9.17, 15) is 9.59 Å². The number of hydrogen-bond acceptors (Lipinski definition) is 4. The number of rotatable bonds is 4. The first-order chi connectivity index (χ1) is 13.1. The maximum absolute atomic E-state index is 13.0. The highest BCUT2D eigenvalue weighted by atomic mass is 32.1. The first-order valence-electron chi connectivity index (χ1n) is 8.53. The molecule has 136 valence electrons. The molecule has 0 atom stereocenters. The van der Waals surface area contributed by atoms with Crippen LogP contribution < -0.4 is 16.0 Å². The summed E-state index contributed by atoms with van der Waals surface area (Å²) in [6, 6.07) is 17.2. The highest BCUT2D eigenvalue weighted by Crippen LogP contribution is 2.35. The summed E-state index contributed by atoms with van der Waals surface area (Å²) in [6.45, 7) is 2.17. The smallest absolute Gasteiger partial charge is 0.329 e. The van der Waals surface area contributed by atoms with Crippen molar-refractivity contribution in [3.8, 4) is 16.2 Å².